The Kier molecular flexibility index (Phi) is 6.73. The van der Waals surface area contributed by atoms with Gasteiger partial charge in [0.2, 0.25) is 0 Å². The van der Waals surface area contributed by atoms with Crippen molar-refractivity contribution in [2.75, 3.05) is 20.8 Å². The maximum absolute atomic E-state index is 5.31. The van der Waals surface area contributed by atoms with Crippen LogP contribution in [0.2, 0.25) is 0 Å². The smallest absolute Gasteiger partial charge is 0.191 e. The highest BCUT2D eigenvalue weighted by atomic mass is 32.2. The molecule has 0 fully saturated rings. The van der Waals surface area contributed by atoms with Crippen LogP contribution in [-0.4, -0.2) is 45.6 Å². The van der Waals surface area contributed by atoms with Gasteiger partial charge in [-0.3, -0.25) is 9.55 Å². The molecule has 154 valence electrons. The highest BCUT2D eigenvalue weighted by molar-refractivity contribution is 7.98. The number of benzene rings is 1. The summed E-state index contributed by atoms with van der Waals surface area (Å²) in [4.78, 5) is 8.86. The minimum Gasteiger partial charge on any atom is -0.497 e. The lowest BCUT2D eigenvalue weighted by atomic mass is 10.2. The van der Waals surface area contributed by atoms with Crippen LogP contribution in [-0.2, 0) is 17.0 Å². The zero-order valence-corrected chi connectivity index (χ0v) is 18.3. The molecule has 3 aromatic heterocycles. The molecule has 30 heavy (non-hydrogen) atoms. The third-order valence-corrected chi connectivity index (χ3v) is 6.33. The molecule has 7 nitrogen and oxygen atoms in total. The summed E-state index contributed by atoms with van der Waals surface area (Å²) in [5.41, 5.74) is 3.04. The minimum absolute atomic E-state index is 0.584. The van der Waals surface area contributed by atoms with Gasteiger partial charge < -0.3 is 9.47 Å². The molecule has 0 aliphatic rings. The number of thiazole rings is 1. The largest absolute Gasteiger partial charge is 0.497 e. The molecule has 0 unspecified atom stereocenters. The van der Waals surface area contributed by atoms with E-state index in [1.54, 1.807) is 49.7 Å². The van der Waals surface area contributed by atoms with Crippen molar-refractivity contribution in [2.45, 2.75) is 17.5 Å². The van der Waals surface area contributed by atoms with Gasteiger partial charge in [0.15, 0.2) is 11.0 Å². The molecule has 0 aliphatic heterocycles. The standard InChI is InChI=1S/C21H21N5O2S2/c1-27-11-10-26-19(15-6-8-22-9-7-15)24-25-21(26)30-14-17-13-29-20(23-17)16-4-3-5-18(12-16)28-2/h3-9,12-13H,10-11,14H2,1-2H3. The average molecular weight is 440 g/mol. The summed E-state index contributed by atoms with van der Waals surface area (Å²) in [6, 6.07) is 11.8. The molecular weight excluding hydrogens is 418 g/mol. The number of hydrogen-bond donors (Lipinski definition) is 0. The maximum Gasteiger partial charge on any atom is 0.191 e. The number of hydrogen-bond acceptors (Lipinski definition) is 8. The van der Waals surface area contributed by atoms with Crippen molar-refractivity contribution in [3.63, 3.8) is 0 Å². The quantitative estimate of drug-likeness (QED) is 0.358. The molecule has 0 radical (unpaired) electrons. The fourth-order valence-electron chi connectivity index (χ4n) is 2.89. The summed E-state index contributed by atoms with van der Waals surface area (Å²) in [6.45, 7) is 1.26. The lowest BCUT2D eigenvalue weighted by molar-refractivity contribution is 0.185. The van der Waals surface area contributed by atoms with Crippen molar-refractivity contribution in [3.8, 4) is 27.7 Å². The van der Waals surface area contributed by atoms with E-state index < -0.39 is 0 Å². The Hall–Kier alpha value is -2.75. The average Bonchev–Trinajstić information content (AvgIpc) is 3.44. The van der Waals surface area contributed by atoms with Crippen LogP contribution in [0.5, 0.6) is 5.75 Å². The van der Waals surface area contributed by atoms with Crippen molar-refractivity contribution in [3.05, 3.63) is 59.9 Å². The molecule has 0 spiro atoms. The van der Waals surface area contributed by atoms with Gasteiger partial charge >= 0.3 is 0 Å². The van der Waals surface area contributed by atoms with E-state index >= 15 is 0 Å². The monoisotopic (exact) mass is 439 g/mol. The molecule has 9 heteroatoms. The lowest BCUT2D eigenvalue weighted by Gasteiger charge is -2.09. The first kappa shape index (κ1) is 20.5. The van der Waals surface area contributed by atoms with Crippen molar-refractivity contribution < 1.29 is 9.47 Å². The summed E-state index contributed by atoms with van der Waals surface area (Å²) in [6.07, 6.45) is 3.51. The molecule has 0 saturated heterocycles. The zero-order chi connectivity index (χ0) is 20.8. The summed E-state index contributed by atoms with van der Waals surface area (Å²) < 4.78 is 12.7. The number of pyridine rings is 1. The topological polar surface area (TPSA) is 75.0 Å². The maximum atomic E-state index is 5.31. The van der Waals surface area contributed by atoms with E-state index in [9.17, 15) is 0 Å². The predicted molar refractivity (Wildman–Crippen MR) is 119 cm³/mol. The molecule has 0 amide bonds. The van der Waals surface area contributed by atoms with Gasteiger partial charge in [0.05, 0.1) is 26.0 Å². The molecule has 4 rings (SSSR count). The van der Waals surface area contributed by atoms with Gasteiger partial charge in [0, 0.05) is 41.8 Å². The molecule has 0 bridgehead atoms. The van der Waals surface area contributed by atoms with Crippen LogP contribution in [0.3, 0.4) is 0 Å². The van der Waals surface area contributed by atoms with Gasteiger partial charge in [-0.05, 0) is 24.3 Å². The Bertz CT molecular complexity index is 1100. The number of aromatic nitrogens is 5. The first-order valence-corrected chi connectivity index (χ1v) is 11.2. The van der Waals surface area contributed by atoms with Crippen LogP contribution < -0.4 is 4.74 Å². The molecule has 0 saturated carbocycles. The second-order valence-electron chi connectivity index (χ2n) is 6.35. The molecule has 0 N–H and O–H groups in total. The van der Waals surface area contributed by atoms with Crippen LogP contribution >= 0.6 is 23.1 Å². The SMILES string of the molecule is COCCn1c(SCc2csc(-c3cccc(OC)c3)n2)nnc1-c1ccncc1. The van der Waals surface area contributed by atoms with E-state index in [0.717, 1.165) is 38.6 Å². The normalized spacial score (nSPS) is 11.0. The number of methoxy groups -OCH3 is 2. The Balaban J connectivity index is 1.51. The Morgan fingerprint density at radius 2 is 1.93 bits per heavy atom. The molecule has 0 atom stereocenters. The van der Waals surface area contributed by atoms with Gasteiger partial charge in [0.25, 0.3) is 0 Å². The Labute approximate surface area is 183 Å². The van der Waals surface area contributed by atoms with Gasteiger partial charge in [0.1, 0.15) is 10.8 Å². The summed E-state index contributed by atoms with van der Waals surface area (Å²) in [7, 11) is 3.36. The molecule has 1 aromatic carbocycles. The number of ether oxygens (including phenoxy) is 2. The van der Waals surface area contributed by atoms with E-state index in [2.05, 4.69) is 25.1 Å². The van der Waals surface area contributed by atoms with Crippen LogP contribution in [0.4, 0.5) is 0 Å². The predicted octanol–water partition coefficient (Wildman–Crippen LogP) is 4.41. The Morgan fingerprint density at radius 3 is 2.73 bits per heavy atom. The summed E-state index contributed by atoms with van der Waals surface area (Å²) in [5, 5.41) is 12.7. The first-order chi connectivity index (χ1) is 14.8. The van der Waals surface area contributed by atoms with Gasteiger partial charge in [-0.25, -0.2) is 4.98 Å². The van der Waals surface area contributed by atoms with Crippen LogP contribution in [0.25, 0.3) is 22.0 Å². The number of rotatable bonds is 9. The third-order valence-electron chi connectivity index (χ3n) is 4.39. The van der Waals surface area contributed by atoms with Gasteiger partial charge in [-0.1, -0.05) is 23.9 Å². The third kappa shape index (κ3) is 4.69. The molecule has 0 aliphatic carbocycles. The summed E-state index contributed by atoms with van der Waals surface area (Å²) in [5.74, 6) is 2.35. The second-order valence-corrected chi connectivity index (χ2v) is 8.15. The highest BCUT2D eigenvalue weighted by Crippen LogP contribution is 2.30. The first-order valence-electron chi connectivity index (χ1n) is 9.32. The second kappa shape index (κ2) is 9.84. The fraction of sp³-hybridized carbons (Fsp3) is 0.238. The minimum atomic E-state index is 0.584. The van der Waals surface area contributed by atoms with E-state index in [1.165, 1.54) is 0 Å². The van der Waals surface area contributed by atoms with Crippen molar-refractivity contribution >= 4 is 23.1 Å². The van der Waals surface area contributed by atoms with Gasteiger partial charge in [-0.15, -0.1) is 21.5 Å². The van der Waals surface area contributed by atoms with Crippen molar-refractivity contribution in [1.29, 1.82) is 0 Å². The Morgan fingerprint density at radius 1 is 1.07 bits per heavy atom. The van der Waals surface area contributed by atoms with Gasteiger partial charge in [-0.2, -0.15) is 0 Å². The van der Waals surface area contributed by atoms with Crippen LogP contribution in [0.15, 0.2) is 59.3 Å². The van der Waals surface area contributed by atoms with E-state index in [-0.39, 0.29) is 0 Å². The number of thioether (sulfide) groups is 1. The molecule has 3 heterocycles. The van der Waals surface area contributed by atoms with Crippen LogP contribution in [0.1, 0.15) is 5.69 Å². The highest BCUT2D eigenvalue weighted by Gasteiger charge is 2.15. The van der Waals surface area contributed by atoms with E-state index in [1.807, 2.05) is 36.4 Å². The number of nitrogens with zero attached hydrogens (tertiary/aromatic N) is 5. The van der Waals surface area contributed by atoms with E-state index in [4.69, 9.17) is 14.5 Å². The molecular formula is C21H21N5O2S2. The van der Waals surface area contributed by atoms with Crippen molar-refractivity contribution in [2.24, 2.45) is 0 Å². The molecule has 4 aromatic rings. The van der Waals surface area contributed by atoms with E-state index in [0.29, 0.717) is 18.9 Å². The van der Waals surface area contributed by atoms with Crippen LogP contribution in [0, 0.1) is 0 Å². The summed E-state index contributed by atoms with van der Waals surface area (Å²) >= 11 is 3.25. The van der Waals surface area contributed by atoms with Crippen molar-refractivity contribution in [1.82, 2.24) is 24.7 Å². The zero-order valence-electron chi connectivity index (χ0n) is 16.7. The fourth-order valence-corrected chi connectivity index (χ4v) is 4.67. The lowest BCUT2D eigenvalue weighted by Crippen LogP contribution is -2.07.